The third kappa shape index (κ3) is 2.32. The quantitative estimate of drug-likeness (QED) is 0.930. The molecule has 2 N–H and O–H groups in total. The minimum Gasteiger partial charge on any atom is -0.497 e. The molecular formula is C16H17N3O. The molecule has 2 aromatic carbocycles. The molecule has 1 aliphatic heterocycles. The molecule has 1 aliphatic rings. The molecule has 0 fully saturated rings. The van der Waals surface area contributed by atoms with Crippen LogP contribution in [-0.2, 0) is 0 Å². The number of hydrogen-bond acceptors (Lipinski definition) is 4. The fourth-order valence-electron chi connectivity index (χ4n) is 2.44. The molecule has 0 spiro atoms. The summed E-state index contributed by atoms with van der Waals surface area (Å²) in [5.74, 6) is 1.52. The van der Waals surface area contributed by atoms with Gasteiger partial charge < -0.3 is 10.5 Å². The number of anilines is 1. The number of ether oxygens (including phenoxy) is 1. The number of benzene rings is 2. The minimum atomic E-state index is 0.142. The molecule has 4 heteroatoms. The van der Waals surface area contributed by atoms with E-state index in [4.69, 9.17) is 10.5 Å². The molecule has 1 heterocycles. The lowest BCUT2D eigenvalue weighted by Crippen LogP contribution is -2.18. The van der Waals surface area contributed by atoms with Gasteiger partial charge in [0.2, 0.25) is 0 Å². The highest BCUT2D eigenvalue weighted by atomic mass is 16.5. The first-order valence-corrected chi connectivity index (χ1v) is 6.59. The first kappa shape index (κ1) is 12.5. The van der Waals surface area contributed by atoms with E-state index in [0.717, 1.165) is 17.9 Å². The summed E-state index contributed by atoms with van der Waals surface area (Å²) in [5.41, 5.74) is 8.16. The van der Waals surface area contributed by atoms with Crippen molar-refractivity contribution in [2.45, 2.75) is 12.5 Å². The zero-order chi connectivity index (χ0) is 13.9. The zero-order valence-corrected chi connectivity index (χ0v) is 11.4. The molecule has 2 aromatic rings. The number of methoxy groups -OCH3 is 1. The Morgan fingerprint density at radius 1 is 1.10 bits per heavy atom. The lowest BCUT2D eigenvalue weighted by Gasteiger charge is -2.23. The van der Waals surface area contributed by atoms with Crippen LogP contribution in [0.15, 0.2) is 59.7 Å². The van der Waals surface area contributed by atoms with E-state index >= 15 is 0 Å². The smallest absolute Gasteiger partial charge is 0.122 e. The third-order valence-electron chi connectivity index (χ3n) is 3.46. The normalized spacial score (nSPS) is 17.9. The van der Waals surface area contributed by atoms with E-state index in [9.17, 15) is 0 Å². The van der Waals surface area contributed by atoms with Gasteiger partial charge in [0.1, 0.15) is 11.6 Å². The monoisotopic (exact) mass is 267 g/mol. The van der Waals surface area contributed by atoms with Crippen LogP contribution < -0.4 is 15.5 Å². The molecular weight excluding hydrogens is 250 g/mol. The summed E-state index contributed by atoms with van der Waals surface area (Å²) < 4.78 is 5.20. The molecule has 0 aliphatic carbocycles. The van der Waals surface area contributed by atoms with Gasteiger partial charge in [-0.25, -0.2) is 0 Å². The average molecular weight is 267 g/mol. The standard InChI is InChI=1S/C16H17N3O/c1-20-14-9-7-12(8-10-14)15-11-16(17)18-19(15)13-5-3-2-4-6-13/h2-10,15H,11H2,1H3,(H2,17,18). The van der Waals surface area contributed by atoms with Gasteiger partial charge in [0, 0.05) is 6.42 Å². The molecule has 0 amide bonds. The highest BCUT2D eigenvalue weighted by Gasteiger charge is 2.27. The van der Waals surface area contributed by atoms with Crippen LogP contribution >= 0.6 is 0 Å². The largest absolute Gasteiger partial charge is 0.497 e. The summed E-state index contributed by atoms with van der Waals surface area (Å²) in [6.07, 6.45) is 0.737. The summed E-state index contributed by atoms with van der Waals surface area (Å²) >= 11 is 0. The van der Waals surface area contributed by atoms with E-state index in [-0.39, 0.29) is 6.04 Å². The van der Waals surface area contributed by atoms with Crippen molar-refractivity contribution in [2.24, 2.45) is 10.8 Å². The minimum absolute atomic E-state index is 0.142. The van der Waals surface area contributed by atoms with Gasteiger partial charge >= 0.3 is 0 Å². The van der Waals surface area contributed by atoms with Crippen molar-refractivity contribution in [3.63, 3.8) is 0 Å². The average Bonchev–Trinajstić information content (AvgIpc) is 2.90. The Labute approximate surface area is 118 Å². The van der Waals surface area contributed by atoms with Crippen molar-refractivity contribution in [1.29, 1.82) is 0 Å². The Morgan fingerprint density at radius 3 is 2.45 bits per heavy atom. The topological polar surface area (TPSA) is 50.9 Å². The molecule has 102 valence electrons. The van der Waals surface area contributed by atoms with E-state index in [0.29, 0.717) is 5.84 Å². The van der Waals surface area contributed by atoms with Crippen LogP contribution in [0.5, 0.6) is 5.75 Å². The SMILES string of the molecule is COc1ccc(C2CC(N)=NN2c2ccccc2)cc1. The van der Waals surface area contributed by atoms with Crippen LogP contribution in [0, 0.1) is 0 Å². The van der Waals surface area contributed by atoms with Gasteiger partial charge in [0.15, 0.2) is 0 Å². The van der Waals surface area contributed by atoms with E-state index in [1.54, 1.807) is 7.11 Å². The molecule has 20 heavy (non-hydrogen) atoms. The Kier molecular flexibility index (Phi) is 3.29. The Bertz CT molecular complexity index is 607. The van der Waals surface area contributed by atoms with Crippen molar-refractivity contribution in [3.8, 4) is 5.75 Å². The van der Waals surface area contributed by atoms with Crippen LogP contribution in [0.2, 0.25) is 0 Å². The maximum absolute atomic E-state index is 5.93. The predicted molar refractivity (Wildman–Crippen MR) is 80.9 cm³/mol. The van der Waals surface area contributed by atoms with Gasteiger partial charge in [0.05, 0.1) is 18.8 Å². The second-order valence-electron chi connectivity index (χ2n) is 4.76. The van der Waals surface area contributed by atoms with E-state index in [2.05, 4.69) is 17.2 Å². The van der Waals surface area contributed by atoms with Gasteiger partial charge in [-0.2, -0.15) is 5.10 Å². The number of rotatable bonds is 3. The van der Waals surface area contributed by atoms with Crippen molar-refractivity contribution in [1.82, 2.24) is 0 Å². The highest BCUT2D eigenvalue weighted by molar-refractivity contribution is 5.85. The molecule has 0 bridgehead atoms. The van der Waals surface area contributed by atoms with Crippen LogP contribution in [0.3, 0.4) is 0 Å². The van der Waals surface area contributed by atoms with Gasteiger partial charge in [-0.3, -0.25) is 5.01 Å². The third-order valence-corrected chi connectivity index (χ3v) is 3.46. The van der Waals surface area contributed by atoms with Crippen molar-refractivity contribution < 1.29 is 4.74 Å². The Morgan fingerprint density at radius 2 is 1.80 bits per heavy atom. The maximum atomic E-state index is 5.93. The molecule has 1 atom stereocenters. The first-order valence-electron chi connectivity index (χ1n) is 6.59. The molecule has 1 unspecified atom stereocenters. The van der Waals surface area contributed by atoms with Crippen LogP contribution in [-0.4, -0.2) is 12.9 Å². The second-order valence-corrected chi connectivity index (χ2v) is 4.76. The first-order chi connectivity index (χ1) is 9.78. The number of amidine groups is 1. The predicted octanol–water partition coefficient (Wildman–Crippen LogP) is 2.92. The van der Waals surface area contributed by atoms with E-state index in [1.807, 2.05) is 47.5 Å². The molecule has 0 aromatic heterocycles. The van der Waals surface area contributed by atoms with Crippen LogP contribution in [0.1, 0.15) is 18.0 Å². The van der Waals surface area contributed by atoms with Crippen LogP contribution in [0.4, 0.5) is 5.69 Å². The van der Waals surface area contributed by atoms with E-state index < -0.39 is 0 Å². The van der Waals surface area contributed by atoms with Gasteiger partial charge in [-0.1, -0.05) is 30.3 Å². The highest BCUT2D eigenvalue weighted by Crippen LogP contribution is 2.34. The van der Waals surface area contributed by atoms with E-state index in [1.165, 1.54) is 5.56 Å². The summed E-state index contributed by atoms with van der Waals surface area (Å²) in [4.78, 5) is 0. The van der Waals surface area contributed by atoms with Gasteiger partial charge in [-0.15, -0.1) is 0 Å². The second kappa shape index (κ2) is 5.25. The molecule has 0 saturated carbocycles. The number of nitrogens with two attached hydrogens (primary N) is 1. The fourth-order valence-corrected chi connectivity index (χ4v) is 2.44. The molecule has 0 radical (unpaired) electrons. The lowest BCUT2D eigenvalue weighted by atomic mass is 10.0. The summed E-state index contributed by atoms with van der Waals surface area (Å²) in [6, 6.07) is 18.3. The maximum Gasteiger partial charge on any atom is 0.122 e. The lowest BCUT2D eigenvalue weighted by molar-refractivity contribution is 0.414. The van der Waals surface area contributed by atoms with Crippen molar-refractivity contribution >= 4 is 11.5 Å². The van der Waals surface area contributed by atoms with Crippen molar-refractivity contribution in [3.05, 3.63) is 60.2 Å². The van der Waals surface area contributed by atoms with Gasteiger partial charge in [-0.05, 0) is 29.8 Å². The Balaban J connectivity index is 1.92. The van der Waals surface area contributed by atoms with Gasteiger partial charge in [0.25, 0.3) is 0 Å². The summed E-state index contributed by atoms with van der Waals surface area (Å²) in [6.45, 7) is 0. The van der Waals surface area contributed by atoms with Crippen LogP contribution in [0.25, 0.3) is 0 Å². The molecule has 3 rings (SSSR count). The Hall–Kier alpha value is -2.49. The number of para-hydroxylation sites is 1. The number of nitrogens with zero attached hydrogens (tertiary/aromatic N) is 2. The zero-order valence-electron chi connectivity index (χ0n) is 11.4. The number of hydrazone groups is 1. The molecule has 4 nitrogen and oxygen atoms in total. The molecule has 0 saturated heterocycles. The van der Waals surface area contributed by atoms with Crippen molar-refractivity contribution in [2.75, 3.05) is 12.1 Å². The summed E-state index contributed by atoms with van der Waals surface area (Å²) in [7, 11) is 1.67. The fraction of sp³-hybridized carbons (Fsp3) is 0.188. The summed E-state index contributed by atoms with van der Waals surface area (Å²) in [5, 5.41) is 6.44. The number of hydrogen-bond donors (Lipinski definition) is 1.